The molecule has 0 amide bonds. The fourth-order valence-corrected chi connectivity index (χ4v) is 9.33. The van der Waals surface area contributed by atoms with E-state index in [0.717, 1.165) is 44.6 Å². The largest absolute Gasteiger partial charge is 0.228 e. The van der Waals surface area contributed by atoms with Gasteiger partial charge in [0.15, 0.2) is 5.82 Å². The Balaban J connectivity index is 1.02. The number of benzene rings is 9. The summed E-state index contributed by atoms with van der Waals surface area (Å²) in [4.78, 5) is 10.5. The van der Waals surface area contributed by atoms with Crippen molar-refractivity contribution in [1.29, 1.82) is 0 Å². The third-order valence-corrected chi connectivity index (χ3v) is 12.3. The highest BCUT2D eigenvalue weighted by Crippen LogP contribution is 2.53. The second kappa shape index (κ2) is 13.9. The molecule has 0 aliphatic heterocycles. The van der Waals surface area contributed by atoms with E-state index in [1.165, 1.54) is 60.7 Å². The average Bonchev–Trinajstić information content (AvgIpc) is 3.53. The van der Waals surface area contributed by atoms with Gasteiger partial charge in [0.2, 0.25) is 0 Å². The Morgan fingerprint density at radius 2 is 0.831 bits per heavy atom. The summed E-state index contributed by atoms with van der Waals surface area (Å²) < 4.78 is 0. The van der Waals surface area contributed by atoms with Crippen LogP contribution in [0.25, 0.3) is 100.0 Å². The van der Waals surface area contributed by atoms with E-state index in [-0.39, 0.29) is 5.41 Å². The molecule has 9 aromatic carbocycles. The lowest BCUT2D eigenvalue weighted by Gasteiger charge is -2.22. The molecule has 11 rings (SSSR count). The summed E-state index contributed by atoms with van der Waals surface area (Å²) in [6.45, 7) is 4.73. The van der Waals surface area contributed by atoms with Crippen LogP contribution in [0.15, 0.2) is 206 Å². The van der Waals surface area contributed by atoms with E-state index in [0.29, 0.717) is 5.82 Å². The molecule has 0 spiro atoms. The van der Waals surface area contributed by atoms with Gasteiger partial charge in [0, 0.05) is 22.1 Å². The minimum absolute atomic E-state index is 0.0805. The lowest BCUT2D eigenvalue weighted by molar-refractivity contribution is 0.661. The van der Waals surface area contributed by atoms with Crippen LogP contribution in [-0.4, -0.2) is 9.97 Å². The minimum Gasteiger partial charge on any atom is -0.228 e. The molecule has 0 bridgehead atoms. The van der Waals surface area contributed by atoms with Crippen LogP contribution in [0.2, 0.25) is 0 Å². The molecule has 1 aliphatic rings. The van der Waals surface area contributed by atoms with Crippen LogP contribution in [-0.2, 0) is 5.41 Å². The van der Waals surface area contributed by atoms with Gasteiger partial charge in [0.25, 0.3) is 0 Å². The van der Waals surface area contributed by atoms with Crippen molar-refractivity contribution >= 4 is 21.5 Å². The van der Waals surface area contributed by atoms with Crippen molar-refractivity contribution < 1.29 is 0 Å². The topological polar surface area (TPSA) is 25.8 Å². The van der Waals surface area contributed by atoms with E-state index in [1.54, 1.807) is 0 Å². The van der Waals surface area contributed by atoms with Crippen molar-refractivity contribution in [2.75, 3.05) is 0 Å². The van der Waals surface area contributed by atoms with Gasteiger partial charge in [0.05, 0.1) is 11.4 Å². The van der Waals surface area contributed by atoms with E-state index in [9.17, 15) is 0 Å². The molecule has 2 nitrogen and oxygen atoms in total. The molecule has 0 radical (unpaired) electrons. The first kappa shape index (κ1) is 34.8. The molecule has 0 saturated carbocycles. The molecular weight excluding hydrogens is 713 g/mol. The first-order valence-corrected chi connectivity index (χ1v) is 20.4. The van der Waals surface area contributed by atoms with E-state index < -0.39 is 0 Å². The normalized spacial score (nSPS) is 12.7. The number of hydrogen-bond donors (Lipinski definition) is 0. The number of hydrogen-bond acceptors (Lipinski definition) is 2. The SMILES string of the molecule is CC1(C)c2cc3ccccc3cc2-c2c(-c3ccc(-c4ccc(-c5cc(-c6ccccc6-c6ccccc6)nc(-c6ccccc6)n5)c5ccccc45)cc3)cccc21. The molecule has 1 aliphatic carbocycles. The van der Waals surface area contributed by atoms with E-state index in [1.807, 2.05) is 18.2 Å². The molecule has 0 N–H and O–H groups in total. The highest BCUT2D eigenvalue weighted by molar-refractivity contribution is 6.05. The molecule has 0 fully saturated rings. The molecular formula is C57H40N2. The lowest BCUT2D eigenvalue weighted by atomic mass is 9.81. The van der Waals surface area contributed by atoms with Gasteiger partial charge in [-0.3, -0.25) is 0 Å². The molecule has 59 heavy (non-hydrogen) atoms. The van der Waals surface area contributed by atoms with Crippen LogP contribution < -0.4 is 0 Å². The van der Waals surface area contributed by atoms with Gasteiger partial charge in [-0.1, -0.05) is 202 Å². The smallest absolute Gasteiger partial charge is 0.160 e. The molecule has 0 saturated heterocycles. The predicted octanol–water partition coefficient (Wildman–Crippen LogP) is 15.1. The van der Waals surface area contributed by atoms with Crippen molar-refractivity contribution in [1.82, 2.24) is 9.97 Å². The van der Waals surface area contributed by atoms with Gasteiger partial charge >= 0.3 is 0 Å². The third kappa shape index (κ3) is 5.87. The van der Waals surface area contributed by atoms with Crippen LogP contribution in [0.1, 0.15) is 25.0 Å². The minimum atomic E-state index is -0.0805. The zero-order chi connectivity index (χ0) is 39.5. The first-order valence-electron chi connectivity index (χ1n) is 20.4. The summed E-state index contributed by atoms with van der Waals surface area (Å²) in [6, 6.07) is 74.3. The van der Waals surface area contributed by atoms with Gasteiger partial charge < -0.3 is 0 Å². The molecule has 278 valence electrons. The van der Waals surface area contributed by atoms with Crippen LogP contribution >= 0.6 is 0 Å². The third-order valence-electron chi connectivity index (χ3n) is 12.3. The second-order valence-electron chi connectivity index (χ2n) is 16.1. The van der Waals surface area contributed by atoms with Gasteiger partial charge in [-0.25, -0.2) is 9.97 Å². The second-order valence-corrected chi connectivity index (χ2v) is 16.1. The quantitative estimate of drug-likeness (QED) is 0.169. The maximum Gasteiger partial charge on any atom is 0.160 e. The Morgan fingerprint density at radius 3 is 1.54 bits per heavy atom. The zero-order valence-corrected chi connectivity index (χ0v) is 33.0. The Hall–Kier alpha value is -7.42. The van der Waals surface area contributed by atoms with Gasteiger partial charge in [-0.15, -0.1) is 0 Å². The predicted molar refractivity (Wildman–Crippen MR) is 247 cm³/mol. The Labute approximate surface area is 345 Å². The van der Waals surface area contributed by atoms with Gasteiger partial charge in [-0.2, -0.15) is 0 Å². The Morgan fingerprint density at radius 1 is 0.322 bits per heavy atom. The van der Waals surface area contributed by atoms with Crippen LogP contribution in [0.4, 0.5) is 0 Å². The maximum absolute atomic E-state index is 5.26. The van der Waals surface area contributed by atoms with Crippen LogP contribution in [0.5, 0.6) is 0 Å². The summed E-state index contributed by atoms with van der Waals surface area (Å²) in [7, 11) is 0. The van der Waals surface area contributed by atoms with Crippen LogP contribution in [0.3, 0.4) is 0 Å². The summed E-state index contributed by atoms with van der Waals surface area (Å²) >= 11 is 0. The molecule has 1 aromatic heterocycles. The van der Waals surface area contributed by atoms with Crippen molar-refractivity contribution in [2.45, 2.75) is 19.3 Å². The number of rotatable bonds is 6. The summed E-state index contributed by atoms with van der Waals surface area (Å²) in [5.41, 5.74) is 17.5. The summed E-state index contributed by atoms with van der Waals surface area (Å²) in [5, 5.41) is 4.91. The van der Waals surface area contributed by atoms with E-state index in [4.69, 9.17) is 9.97 Å². The highest BCUT2D eigenvalue weighted by atomic mass is 14.9. The molecule has 0 unspecified atom stereocenters. The maximum atomic E-state index is 5.26. The van der Waals surface area contributed by atoms with Crippen LogP contribution in [0, 0.1) is 0 Å². The highest BCUT2D eigenvalue weighted by Gasteiger charge is 2.37. The van der Waals surface area contributed by atoms with Gasteiger partial charge in [-0.05, 0) is 95.4 Å². The molecule has 1 heterocycles. The number of nitrogens with zero attached hydrogens (tertiary/aromatic N) is 2. The average molecular weight is 753 g/mol. The van der Waals surface area contributed by atoms with Crippen molar-refractivity contribution in [3.05, 3.63) is 217 Å². The van der Waals surface area contributed by atoms with Gasteiger partial charge in [0.1, 0.15) is 0 Å². The Kier molecular flexibility index (Phi) is 8.20. The fourth-order valence-electron chi connectivity index (χ4n) is 9.33. The first-order chi connectivity index (χ1) is 29.0. The summed E-state index contributed by atoms with van der Waals surface area (Å²) in [6.07, 6.45) is 0. The van der Waals surface area contributed by atoms with E-state index in [2.05, 4.69) is 202 Å². The Bertz CT molecular complexity index is 3220. The molecule has 10 aromatic rings. The van der Waals surface area contributed by atoms with E-state index >= 15 is 0 Å². The van der Waals surface area contributed by atoms with Crippen molar-refractivity contribution in [3.63, 3.8) is 0 Å². The fraction of sp³-hybridized carbons (Fsp3) is 0.0526. The molecule has 0 atom stereocenters. The van der Waals surface area contributed by atoms with Crippen molar-refractivity contribution in [2.24, 2.45) is 0 Å². The number of fused-ring (bicyclic) bond motifs is 5. The molecule has 2 heteroatoms. The van der Waals surface area contributed by atoms with Crippen molar-refractivity contribution in [3.8, 4) is 78.4 Å². The standard InChI is InChI=1S/C57H40N2/c1-57(2)51-27-15-26-45(55(51)50-34-41-20-9-10-21-42(41)35-52(50)57)39-30-28-38(29-31-39)44-32-33-49(47-24-13-12-23-46(44)47)54-36-53(58-56(59-54)40-18-7-4-8-19-40)48-25-14-11-22-43(48)37-16-5-3-6-17-37/h3-36H,1-2H3. The zero-order valence-electron chi connectivity index (χ0n) is 33.0. The number of aromatic nitrogens is 2. The monoisotopic (exact) mass is 752 g/mol. The summed E-state index contributed by atoms with van der Waals surface area (Å²) in [5.74, 6) is 0.705. The lowest BCUT2D eigenvalue weighted by Crippen LogP contribution is -2.14.